The molecule has 2 rings (SSSR count). The minimum absolute atomic E-state index is 0.0417. The van der Waals surface area contributed by atoms with E-state index in [2.05, 4.69) is 4.40 Å². The molecule has 0 unspecified atom stereocenters. The van der Waals surface area contributed by atoms with Gasteiger partial charge >= 0.3 is 0 Å². The van der Waals surface area contributed by atoms with E-state index in [1.807, 2.05) is 0 Å². The molecule has 7 heteroatoms. The van der Waals surface area contributed by atoms with Crippen LogP contribution in [0.5, 0.6) is 0 Å². The standard InChI is InChI=1S/C4H4ClNOS.C3H4ClNS/c1-6-4(7)2-3(5)8-6;4-3-1-2-6-5-3/h2H,1H3;1-2H2. The van der Waals surface area contributed by atoms with Crippen LogP contribution in [0.2, 0.25) is 4.34 Å². The highest BCUT2D eigenvalue weighted by molar-refractivity contribution is 7.98. The number of aryl methyl sites for hydroxylation is 1. The van der Waals surface area contributed by atoms with Gasteiger partial charge in [-0.2, -0.15) is 0 Å². The average molecular weight is 271 g/mol. The first-order valence-corrected chi connectivity index (χ1v) is 6.24. The van der Waals surface area contributed by atoms with E-state index < -0.39 is 0 Å². The summed E-state index contributed by atoms with van der Waals surface area (Å²) in [5.74, 6) is 1.07. The van der Waals surface area contributed by atoms with Gasteiger partial charge in [-0.1, -0.05) is 23.2 Å². The molecule has 0 spiro atoms. The van der Waals surface area contributed by atoms with E-state index in [1.165, 1.54) is 33.5 Å². The second-order valence-corrected chi connectivity index (χ2v) is 5.51. The van der Waals surface area contributed by atoms with Gasteiger partial charge in [0.2, 0.25) is 0 Å². The van der Waals surface area contributed by atoms with Crippen molar-refractivity contribution >= 4 is 51.9 Å². The SMILES string of the molecule is ClC1=NSCC1.Cn1sc(Cl)cc1=O. The van der Waals surface area contributed by atoms with E-state index in [4.69, 9.17) is 23.2 Å². The van der Waals surface area contributed by atoms with Crippen LogP contribution in [0.4, 0.5) is 0 Å². The summed E-state index contributed by atoms with van der Waals surface area (Å²) in [5, 5.41) is 0.764. The van der Waals surface area contributed by atoms with E-state index >= 15 is 0 Å². The van der Waals surface area contributed by atoms with Crippen LogP contribution in [0.25, 0.3) is 0 Å². The van der Waals surface area contributed by atoms with E-state index in [-0.39, 0.29) is 5.56 Å². The smallest absolute Gasteiger partial charge is 0.261 e. The third kappa shape index (κ3) is 4.04. The zero-order valence-electron chi connectivity index (χ0n) is 7.37. The Labute approximate surface area is 100 Å². The van der Waals surface area contributed by atoms with Crippen LogP contribution in [-0.4, -0.2) is 14.9 Å². The van der Waals surface area contributed by atoms with Gasteiger partial charge in [0.25, 0.3) is 5.56 Å². The Kier molecular flexibility index (Phi) is 5.01. The topological polar surface area (TPSA) is 34.4 Å². The first-order valence-electron chi connectivity index (χ1n) is 3.77. The Morgan fingerprint density at radius 1 is 1.57 bits per heavy atom. The third-order valence-electron chi connectivity index (χ3n) is 1.33. The highest BCUT2D eigenvalue weighted by atomic mass is 35.5. The minimum atomic E-state index is -0.0417. The molecule has 0 saturated heterocycles. The number of hydrogen-bond donors (Lipinski definition) is 0. The van der Waals surface area contributed by atoms with Crippen molar-refractivity contribution in [1.29, 1.82) is 0 Å². The Morgan fingerprint density at radius 3 is 2.43 bits per heavy atom. The molecule has 0 saturated carbocycles. The van der Waals surface area contributed by atoms with Gasteiger partial charge in [0.05, 0.1) is 0 Å². The summed E-state index contributed by atoms with van der Waals surface area (Å²) in [5.41, 5.74) is -0.0417. The Balaban J connectivity index is 0.000000146. The van der Waals surface area contributed by atoms with E-state index in [0.717, 1.165) is 17.3 Å². The normalized spacial score (nSPS) is 14.6. The molecule has 0 N–H and O–H groups in total. The first-order chi connectivity index (χ1) is 6.59. The van der Waals surface area contributed by atoms with Crippen LogP contribution in [0.1, 0.15) is 6.42 Å². The van der Waals surface area contributed by atoms with Crippen molar-refractivity contribution in [2.24, 2.45) is 11.4 Å². The predicted octanol–water partition coefficient (Wildman–Crippen LogP) is 2.78. The highest BCUT2D eigenvalue weighted by Crippen LogP contribution is 2.16. The lowest BCUT2D eigenvalue weighted by molar-refractivity contribution is 0.981. The molecular weight excluding hydrogens is 263 g/mol. The molecule has 1 aliphatic rings. The van der Waals surface area contributed by atoms with Gasteiger partial charge < -0.3 is 0 Å². The second kappa shape index (κ2) is 5.80. The highest BCUT2D eigenvalue weighted by Gasteiger charge is 2.00. The molecule has 1 aliphatic heterocycles. The Hall–Kier alpha value is 0.0300. The lowest BCUT2D eigenvalue weighted by Gasteiger charge is -1.77. The number of rotatable bonds is 0. The van der Waals surface area contributed by atoms with Crippen molar-refractivity contribution in [3.8, 4) is 0 Å². The molecule has 0 aliphatic carbocycles. The molecule has 78 valence electrons. The lowest BCUT2D eigenvalue weighted by atomic mass is 10.5. The molecule has 0 amide bonds. The molecule has 1 aromatic rings. The van der Waals surface area contributed by atoms with Gasteiger partial charge in [-0.05, 0) is 23.5 Å². The van der Waals surface area contributed by atoms with Crippen LogP contribution in [0, 0.1) is 0 Å². The number of hydrogen-bond acceptors (Lipinski definition) is 4. The molecular formula is C7H8Cl2N2OS2. The second-order valence-electron chi connectivity index (χ2n) is 2.43. The van der Waals surface area contributed by atoms with Crippen LogP contribution in [0.15, 0.2) is 15.3 Å². The third-order valence-corrected chi connectivity index (χ3v) is 3.51. The molecule has 0 bridgehead atoms. The fraction of sp³-hybridized carbons (Fsp3) is 0.429. The van der Waals surface area contributed by atoms with Crippen LogP contribution in [0.3, 0.4) is 0 Å². The maximum absolute atomic E-state index is 10.5. The quantitative estimate of drug-likeness (QED) is 0.680. The van der Waals surface area contributed by atoms with Gasteiger partial charge in [-0.25, -0.2) is 4.40 Å². The summed E-state index contributed by atoms with van der Waals surface area (Å²) in [7, 11) is 1.68. The van der Waals surface area contributed by atoms with Crippen LogP contribution < -0.4 is 5.56 Å². The largest absolute Gasteiger partial charge is 0.268 e. The van der Waals surface area contributed by atoms with Gasteiger partial charge in [-0.15, -0.1) is 0 Å². The van der Waals surface area contributed by atoms with Crippen LogP contribution >= 0.6 is 46.7 Å². The molecule has 0 atom stereocenters. The molecule has 0 aromatic carbocycles. The Morgan fingerprint density at radius 2 is 2.29 bits per heavy atom. The van der Waals surface area contributed by atoms with Gasteiger partial charge in [0.15, 0.2) is 0 Å². The van der Waals surface area contributed by atoms with Crippen molar-refractivity contribution in [3.05, 3.63) is 20.8 Å². The van der Waals surface area contributed by atoms with Crippen molar-refractivity contribution < 1.29 is 0 Å². The fourth-order valence-electron chi connectivity index (χ4n) is 0.681. The summed E-state index contributed by atoms with van der Waals surface area (Å²) < 4.78 is 5.85. The van der Waals surface area contributed by atoms with Crippen molar-refractivity contribution in [3.63, 3.8) is 0 Å². The van der Waals surface area contributed by atoms with Crippen molar-refractivity contribution in [2.75, 3.05) is 5.75 Å². The van der Waals surface area contributed by atoms with Gasteiger partial charge in [0.1, 0.15) is 9.51 Å². The maximum atomic E-state index is 10.5. The number of nitrogens with zero attached hydrogens (tertiary/aromatic N) is 2. The fourth-order valence-corrected chi connectivity index (χ4v) is 2.60. The predicted molar refractivity (Wildman–Crippen MR) is 64.9 cm³/mol. The lowest BCUT2D eigenvalue weighted by Crippen LogP contribution is -2.05. The molecule has 2 heterocycles. The summed E-state index contributed by atoms with van der Waals surface area (Å²) in [6, 6.07) is 1.40. The Bertz CT molecular complexity index is 385. The number of halogens is 2. The molecule has 0 fully saturated rings. The van der Waals surface area contributed by atoms with E-state index in [1.54, 1.807) is 7.05 Å². The molecule has 0 radical (unpaired) electrons. The number of aromatic nitrogens is 1. The zero-order chi connectivity index (χ0) is 10.6. The van der Waals surface area contributed by atoms with Gasteiger partial charge in [-0.3, -0.25) is 8.75 Å². The van der Waals surface area contributed by atoms with Crippen molar-refractivity contribution in [2.45, 2.75) is 6.42 Å². The monoisotopic (exact) mass is 270 g/mol. The first kappa shape index (κ1) is 12.1. The molecule has 1 aromatic heterocycles. The minimum Gasteiger partial charge on any atom is -0.268 e. The summed E-state index contributed by atoms with van der Waals surface area (Å²) in [4.78, 5) is 10.5. The zero-order valence-corrected chi connectivity index (χ0v) is 10.5. The van der Waals surface area contributed by atoms with Crippen molar-refractivity contribution in [1.82, 2.24) is 3.96 Å². The molecule has 3 nitrogen and oxygen atoms in total. The van der Waals surface area contributed by atoms with E-state index in [9.17, 15) is 4.79 Å². The van der Waals surface area contributed by atoms with Gasteiger partial charge in [0, 0.05) is 25.3 Å². The molecule has 14 heavy (non-hydrogen) atoms. The van der Waals surface area contributed by atoms with E-state index in [0.29, 0.717) is 4.34 Å². The maximum Gasteiger partial charge on any atom is 0.261 e. The summed E-state index contributed by atoms with van der Waals surface area (Å²) in [6.45, 7) is 0. The van der Waals surface area contributed by atoms with Crippen LogP contribution in [-0.2, 0) is 7.05 Å². The summed E-state index contributed by atoms with van der Waals surface area (Å²) in [6.07, 6.45) is 0.965. The summed E-state index contributed by atoms with van der Waals surface area (Å²) >= 11 is 13.7. The average Bonchev–Trinajstić information content (AvgIpc) is 2.65.